The van der Waals surface area contributed by atoms with E-state index in [0.29, 0.717) is 29.2 Å². The van der Waals surface area contributed by atoms with Crippen LogP contribution < -0.4 is 10.6 Å². The highest BCUT2D eigenvalue weighted by molar-refractivity contribution is 6.09. The summed E-state index contributed by atoms with van der Waals surface area (Å²) in [6, 6.07) is 7.32. The van der Waals surface area contributed by atoms with E-state index in [1.807, 2.05) is 32.0 Å². The number of benzene rings is 1. The normalized spacial score (nSPS) is 20.4. The number of carbonyl (C=O) groups excluding carboxylic acids is 1. The van der Waals surface area contributed by atoms with Crippen LogP contribution >= 0.6 is 0 Å². The number of nitrogens with zero attached hydrogens (tertiary/aromatic N) is 3. The van der Waals surface area contributed by atoms with Gasteiger partial charge in [-0.05, 0) is 18.9 Å². The summed E-state index contributed by atoms with van der Waals surface area (Å²) in [4.78, 5) is 14.8. The van der Waals surface area contributed by atoms with Crippen molar-refractivity contribution in [3.05, 3.63) is 41.1 Å². The van der Waals surface area contributed by atoms with Crippen molar-refractivity contribution in [1.29, 1.82) is 0 Å². The topological polar surface area (TPSA) is 84.4 Å². The van der Waals surface area contributed by atoms with Gasteiger partial charge in [-0.1, -0.05) is 32.0 Å². The molecule has 0 aliphatic carbocycles. The molecule has 1 aliphatic heterocycles. The number of carbonyl (C=O) groups is 1. The Morgan fingerprint density at radius 2 is 2.00 bits per heavy atom. The van der Waals surface area contributed by atoms with Crippen LogP contribution in [0.1, 0.15) is 30.7 Å². The molecule has 1 aromatic carbocycles. The lowest BCUT2D eigenvalue weighted by Gasteiger charge is -2.24. The van der Waals surface area contributed by atoms with Crippen molar-refractivity contribution in [2.45, 2.75) is 26.4 Å². The van der Waals surface area contributed by atoms with Crippen LogP contribution in [0.4, 0.5) is 11.5 Å². The molecule has 1 aromatic heterocycles. The fourth-order valence-electron chi connectivity index (χ4n) is 3.35. The zero-order valence-electron chi connectivity index (χ0n) is 13.9. The SMILES string of the molecule is Cc1nn(C)c(N)c1[C@]1(O)C(=O)N(CC(C)C)c2ccccc21. The predicted octanol–water partition coefficient (Wildman–Crippen LogP) is 1.55. The first kappa shape index (κ1) is 15.6. The lowest BCUT2D eigenvalue weighted by molar-refractivity contribution is -0.132. The number of hydrogen-bond donors (Lipinski definition) is 2. The predicted molar refractivity (Wildman–Crippen MR) is 89.0 cm³/mol. The van der Waals surface area contributed by atoms with Gasteiger partial charge in [0.15, 0.2) is 0 Å². The monoisotopic (exact) mass is 314 g/mol. The first-order valence-electron chi connectivity index (χ1n) is 7.71. The molecule has 2 aromatic rings. The number of hydrogen-bond acceptors (Lipinski definition) is 4. The third-order valence-electron chi connectivity index (χ3n) is 4.32. The molecule has 0 radical (unpaired) electrons. The molecule has 122 valence electrons. The van der Waals surface area contributed by atoms with Gasteiger partial charge in [-0.3, -0.25) is 9.48 Å². The summed E-state index contributed by atoms with van der Waals surface area (Å²) in [5.41, 5.74) is 6.55. The van der Waals surface area contributed by atoms with Crippen molar-refractivity contribution < 1.29 is 9.90 Å². The average molecular weight is 314 g/mol. The van der Waals surface area contributed by atoms with Gasteiger partial charge in [-0.2, -0.15) is 5.10 Å². The summed E-state index contributed by atoms with van der Waals surface area (Å²) in [5.74, 6) is 0.219. The summed E-state index contributed by atoms with van der Waals surface area (Å²) in [7, 11) is 1.70. The van der Waals surface area contributed by atoms with Gasteiger partial charge in [0, 0.05) is 19.2 Å². The number of aryl methyl sites for hydroxylation is 2. The van der Waals surface area contributed by atoms with E-state index < -0.39 is 5.60 Å². The maximum absolute atomic E-state index is 13.1. The molecule has 0 spiro atoms. The number of aliphatic hydroxyl groups is 1. The molecule has 23 heavy (non-hydrogen) atoms. The number of fused-ring (bicyclic) bond motifs is 1. The number of para-hydroxylation sites is 1. The highest BCUT2D eigenvalue weighted by Gasteiger charge is 2.53. The molecule has 0 fully saturated rings. The van der Waals surface area contributed by atoms with Crippen molar-refractivity contribution in [2.75, 3.05) is 17.2 Å². The number of nitrogens with two attached hydrogens (primary N) is 1. The molecule has 6 heteroatoms. The fraction of sp³-hybridized carbons (Fsp3) is 0.412. The zero-order valence-corrected chi connectivity index (χ0v) is 13.9. The van der Waals surface area contributed by atoms with E-state index in [9.17, 15) is 9.90 Å². The van der Waals surface area contributed by atoms with Gasteiger partial charge in [-0.25, -0.2) is 0 Å². The molecule has 0 bridgehead atoms. The van der Waals surface area contributed by atoms with E-state index in [1.54, 1.807) is 24.9 Å². The first-order chi connectivity index (χ1) is 10.8. The number of anilines is 2. The lowest BCUT2D eigenvalue weighted by Crippen LogP contribution is -2.43. The maximum atomic E-state index is 13.1. The number of nitrogen functional groups attached to an aromatic ring is 1. The van der Waals surface area contributed by atoms with Crippen LogP contribution in [0.5, 0.6) is 0 Å². The van der Waals surface area contributed by atoms with Crippen LogP contribution in [-0.2, 0) is 17.4 Å². The smallest absolute Gasteiger partial charge is 0.268 e. The third-order valence-corrected chi connectivity index (χ3v) is 4.32. The van der Waals surface area contributed by atoms with Crippen molar-refractivity contribution in [1.82, 2.24) is 9.78 Å². The van der Waals surface area contributed by atoms with Gasteiger partial charge < -0.3 is 15.7 Å². The van der Waals surface area contributed by atoms with Gasteiger partial charge in [0.25, 0.3) is 5.91 Å². The maximum Gasteiger partial charge on any atom is 0.268 e. The summed E-state index contributed by atoms with van der Waals surface area (Å²) >= 11 is 0. The molecule has 1 aliphatic rings. The van der Waals surface area contributed by atoms with Gasteiger partial charge in [-0.15, -0.1) is 0 Å². The van der Waals surface area contributed by atoms with Crippen molar-refractivity contribution in [3.8, 4) is 0 Å². The Kier molecular flexibility index (Phi) is 3.44. The Hall–Kier alpha value is -2.34. The van der Waals surface area contributed by atoms with E-state index >= 15 is 0 Å². The fourth-order valence-corrected chi connectivity index (χ4v) is 3.35. The van der Waals surface area contributed by atoms with Gasteiger partial charge in [0.05, 0.1) is 16.9 Å². The second-order valence-corrected chi connectivity index (χ2v) is 6.51. The van der Waals surface area contributed by atoms with Crippen LogP contribution in [0.15, 0.2) is 24.3 Å². The Bertz CT molecular complexity index is 781. The highest BCUT2D eigenvalue weighted by atomic mass is 16.3. The number of amides is 1. The van der Waals surface area contributed by atoms with Crippen molar-refractivity contribution in [2.24, 2.45) is 13.0 Å². The van der Waals surface area contributed by atoms with Crippen LogP contribution in [0.2, 0.25) is 0 Å². The molecule has 0 saturated carbocycles. The highest BCUT2D eigenvalue weighted by Crippen LogP contribution is 2.46. The van der Waals surface area contributed by atoms with Gasteiger partial charge >= 0.3 is 0 Å². The number of aromatic nitrogens is 2. The lowest BCUT2D eigenvalue weighted by atomic mass is 9.87. The van der Waals surface area contributed by atoms with E-state index in [4.69, 9.17) is 5.73 Å². The zero-order chi connectivity index (χ0) is 16.9. The van der Waals surface area contributed by atoms with E-state index in [1.165, 1.54) is 4.68 Å². The van der Waals surface area contributed by atoms with E-state index in [-0.39, 0.29) is 11.8 Å². The minimum absolute atomic E-state index is 0.279. The second kappa shape index (κ2) is 5.09. The van der Waals surface area contributed by atoms with E-state index in [0.717, 1.165) is 5.69 Å². The van der Waals surface area contributed by atoms with Crippen molar-refractivity contribution in [3.63, 3.8) is 0 Å². The van der Waals surface area contributed by atoms with Crippen LogP contribution in [0, 0.1) is 12.8 Å². The Balaban J connectivity index is 2.25. The van der Waals surface area contributed by atoms with Gasteiger partial charge in [0.2, 0.25) is 5.60 Å². The minimum Gasteiger partial charge on any atom is -0.384 e. The number of rotatable bonds is 3. The molecule has 3 rings (SSSR count). The average Bonchev–Trinajstić information content (AvgIpc) is 2.86. The third kappa shape index (κ3) is 2.05. The first-order valence-corrected chi connectivity index (χ1v) is 7.71. The van der Waals surface area contributed by atoms with Crippen molar-refractivity contribution >= 4 is 17.4 Å². The second-order valence-electron chi connectivity index (χ2n) is 6.51. The molecule has 1 atom stereocenters. The summed E-state index contributed by atoms with van der Waals surface area (Å²) in [6.45, 7) is 6.37. The van der Waals surface area contributed by atoms with Gasteiger partial charge in [0.1, 0.15) is 5.82 Å². The molecule has 0 saturated heterocycles. The Labute approximate surface area is 135 Å². The molecular formula is C17H22N4O2. The molecule has 1 amide bonds. The molecular weight excluding hydrogens is 292 g/mol. The molecule has 3 N–H and O–H groups in total. The van der Waals surface area contributed by atoms with E-state index in [2.05, 4.69) is 5.10 Å². The Morgan fingerprint density at radius 3 is 2.57 bits per heavy atom. The largest absolute Gasteiger partial charge is 0.384 e. The van der Waals surface area contributed by atoms with Crippen LogP contribution in [0.25, 0.3) is 0 Å². The Morgan fingerprint density at radius 1 is 1.35 bits per heavy atom. The summed E-state index contributed by atoms with van der Waals surface area (Å²) in [6.07, 6.45) is 0. The van der Waals surface area contributed by atoms with Crippen LogP contribution in [-0.4, -0.2) is 27.3 Å². The molecule has 6 nitrogen and oxygen atoms in total. The minimum atomic E-state index is -1.78. The summed E-state index contributed by atoms with van der Waals surface area (Å²) in [5, 5.41) is 15.7. The molecule has 2 heterocycles. The standard InChI is InChI=1S/C17H22N4O2/c1-10(2)9-21-13-8-6-5-7-12(13)17(23,16(21)22)14-11(3)19-20(4)15(14)18/h5-8,10,23H,9,18H2,1-4H3/t17-/m0/s1. The quantitative estimate of drug-likeness (QED) is 0.900. The van der Waals surface area contributed by atoms with Crippen LogP contribution in [0.3, 0.4) is 0 Å². The summed E-state index contributed by atoms with van der Waals surface area (Å²) < 4.78 is 1.49. The molecule has 0 unspecified atom stereocenters.